The van der Waals surface area contributed by atoms with Gasteiger partial charge in [0.2, 0.25) is 0 Å². The molecule has 0 bridgehead atoms. The fourth-order valence-corrected chi connectivity index (χ4v) is 1.79. The molecule has 0 amide bonds. The summed E-state index contributed by atoms with van der Waals surface area (Å²) in [5.41, 5.74) is 2.61. The third-order valence-electron chi connectivity index (χ3n) is 2.34. The Morgan fingerprint density at radius 3 is 2.82 bits per heavy atom. The first-order valence-electron chi connectivity index (χ1n) is 5.09. The number of aryl methyl sites for hydroxylation is 1. The summed E-state index contributed by atoms with van der Waals surface area (Å²) in [5, 5.41) is 12.1. The normalized spacial score (nSPS) is 9.71. The number of rotatable bonds is 2. The van der Waals surface area contributed by atoms with Crippen molar-refractivity contribution in [2.45, 2.75) is 6.92 Å². The van der Waals surface area contributed by atoms with Crippen LogP contribution in [0.15, 0.2) is 41.0 Å². The van der Waals surface area contributed by atoms with Crippen molar-refractivity contribution in [3.05, 3.63) is 52.1 Å². The highest BCUT2D eigenvalue weighted by molar-refractivity contribution is 9.10. The van der Waals surface area contributed by atoms with Crippen molar-refractivity contribution in [2.75, 3.05) is 5.32 Å². The van der Waals surface area contributed by atoms with Gasteiger partial charge in [0.15, 0.2) is 0 Å². The monoisotopic (exact) mass is 287 g/mol. The number of benzene rings is 1. The molecule has 0 aliphatic rings. The average Bonchev–Trinajstić information content (AvgIpc) is 2.32. The molecule has 4 heteroatoms. The molecule has 1 aromatic carbocycles. The van der Waals surface area contributed by atoms with Gasteiger partial charge in [-0.1, -0.05) is 12.1 Å². The van der Waals surface area contributed by atoms with Crippen LogP contribution in [-0.4, -0.2) is 4.98 Å². The van der Waals surface area contributed by atoms with Crippen molar-refractivity contribution in [2.24, 2.45) is 0 Å². The number of anilines is 2. The minimum absolute atomic E-state index is 0.632. The van der Waals surface area contributed by atoms with E-state index in [2.05, 4.69) is 32.3 Å². The van der Waals surface area contributed by atoms with Crippen molar-refractivity contribution >= 4 is 27.4 Å². The van der Waals surface area contributed by atoms with E-state index in [0.29, 0.717) is 5.56 Å². The van der Waals surface area contributed by atoms with E-state index in [1.807, 2.05) is 37.3 Å². The molecule has 0 fully saturated rings. The second-order valence-electron chi connectivity index (χ2n) is 3.61. The maximum absolute atomic E-state index is 8.86. The summed E-state index contributed by atoms with van der Waals surface area (Å²) < 4.78 is 0.775. The van der Waals surface area contributed by atoms with Crippen LogP contribution in [0.4, 0.5) is 11.5 Å². The number of aromatic nitrogens is 1. The molecule has 2 aromatic rings. The first kappa shape index (κ1) is 11.6. The van der Waals surface area contributed by atoms with Crippen molar-refractivity contribution in [3.63, 3.8) is 0 Å². The maximum Gasteiger partial charge on any atom is 0.131 e. The molecule has 0 spiro atoms. The van der Waals surface area contributed by atoms with Gasteiger partial charge in [-0.3, -0.25) is 0 Å². The van der Waals surface area contributed by atoms with Gasteiger partial charge in [0.1, 0.15) is 10.4 Å². The topological polar surface area (TPSA) is 48.7 Å². The lowest BCUT2D eigenvalue weighted by Crippen LogP contribution is -1.96. The molecule has 0 saturated heterocycles. The Morgan fingerprint density at radius 1 is 1.29 bits per heavy atom. The van der Waals surface area contributed by atoms with Crippen molar-refractivity contribution in [1.29, 1.82) is 5.26 Å². The van der Waals surface area contributed by atoms with Crippen LogP contribution in [-0.2, 0) is 0 Å². The third-order valence-corrected chi connectivity index (χ3v) is 2.79. The van der Waals surface area contributed by atoms with E-state index in [-0.39, 0.29) is 0 Å². The molecule has 0 saturated carbocycles. The van der Waals surface area contributed by atoms with Crippen LogP contribution < -0.4 is 5.32 Å². The van der Waals surface area contributed by atoms with E-state index >= 15 is 0 Å². The zero-order valence-corrected chi connectivity index (χ0v) is 10.8. The molecule has 0 unspecified atom stereocenters. The van der Waals surface area contributed by atoms with Crippen LogP contribution in [0.5, 0.6) is 0 Å². The number of hydrogen-bond acceptors (Lipinski definition) is 3. The Kier molecular flexibility index (Phi) is 3.40. The van der Waals surface area contributed by atoms with Gasteiger partial charge in [0.05, 0.1) is 11.6 Å². The van der Waals surface area contributed by atoms with E-state index in [4.69, 9.17) is 5.26 Å². The summed E-state index contributed by atoms with van der Waals surface area (Å²) in [5.74, 6) is 0.748. The Hall–Kier alpha value is -1.86. The van der Waals surface area contributed by atoms with E-state index in [1.54, 1.807) is 6.07 Å². The first-order valence-corrected chi connectivity index (χ1v) is 5.88. The maximum atomic E-state index is 8.86. The molecule has 3 nitrogen and oxygen atoms in total. The lowest BCUT2D eigenvalue weighted by molar-refractivity contribution is 1.26. The molecule has 0 radical (unpaired) electrons. The largest absolute Gasteiger partial charge is 0.340 e. The predicted octanol–water partition coefficient (Wildman–Crippen LogP) is 3.77. The smallest absolute Gasteiger partial charge is 0.131 e. The quantitative estimate of drug-likeness (QED) is 0.856. The van der Waals surface area contributed by atoms with Gasteiger partial charge in [0, 0.05) is 5.69 Å². The number of nitrogens with zero attached hydrogens (tertiary/aromatic N) is 2. The molecule has 0 aliphatic heterocycles. The van der Waals surface area contributed by atoms with E-state index in [0.717, 1.165) is 21.7 Å². The highest BCUT2D eigenvalue weighted by Crippen LogP contribution is 2.21. The van der Waals surface area contributed by atoms with Crippen LogP contribution in [0.25, 0.3) is 0 Å². The Morgan fingerprint density at radius 2 is 2.12 bits per heavy atom. The number of hydrogen-bond donors (Lipinski definition) is 1. The number of nitrogens with one attached hydrogen (secondary N) is 1. The number of pyridine rings is 1. The molecule has 0 aliphatic carbocycles. The Bertz CT molecular complexity index is 587. The van der Waals surface area contributed by atoms with Gasteiger partial charge in [-0.05, 0) is 52.7 Å². The summed E-state index contributed by atoms with van der Waals surface area (Å²) in [6.45, 7) is 1.99. The second kappa shape index (κ2) is 4.98. The third kappa shape index (κ3) is 2.83. The zero-order chi connectivity index (χ0) is 12.3. The minimum Gasteiger partial charge on any atom is -0.340 e. The molecule has 17 heavy (non-hydrogen) atoms. The number of nitriles is 1. The van der Waals surface area contributed by atoms with Gasteiger partial charge < -0.3 is 5.32 Å². The highest BCUT2D eigenvalue weighted by Gasteiger charge is 2.02. The van der Waals surface area contributed by atoms with Gasteiger partial charge in [-0.25, -0.2) is 4.98 Å². The van der Waals surface area contributed by atoms with Crippen molar-refractivity contribution in [1.82, 2.24) is 4.98 Å². The standard InChI is InChI=1S/C13H10BrN3/c1-9-5-6-10(8-15)7-11(9)16-13-4-2-3-12(14)17-13/h2-7H,1H3,(H,16,17). The first-order chi connectivity index (χ1) is 8.19. The van der Waals surface area contributed by atoms with Crippen LogP contribution in [0.2, 0.25) is 0 Å². The molecule has 0 atom stereocenters. The molecular weight excluding hydrogens is 278 g/mol. The average molecular weight is 288 g/mol. The summed E-state index contributed by atoms with van der Waals surface area (Å²) >= 11 is 3.32. The lowest BCUT2D eigenvalue weighted by Gasteiger charge is -2.09. The summed E-state index contributed by atoms with van der Waals surface area (Å²) in [7, 11) is 0. The Balaban J connectivity index is 2.33. The summed E-state index contributed by atoms with van der Waals surface area (Å²) in [4.78, 5) is 4.29. The van der Waals surface area contributed by atoms with E-state index in [9.17, 15) is 0 Å². The van der Waals surface area contributed by atoms with Crippen molar-refractivity contribution < 1.29 is 0 Å². The van der Waals surface area contributed by atoms with Crippen LogP contribution in [0, 0.1) is 18.3 Å². The van der Waals surface area contributed by atoms with Crippen LogP contribution in [0.1, 0.15) is 11.1 Å². The molecule has 1 aromatic heterocycles. The second-order valence-corrected chi connectivity index (χ2v) is 4.42. The Labute approximate surface area is 108 Å². The van der Waals surface area contributed by atoms with E-state index < -0.39 is 0 Å². The fraction of sp³-hybridized carbons (Fsp3) is 0.0769. The van der Waals surface area contributed by atoms with Crippen LogP contribution in [0.3, 0.4) is 0 Å². The number of halogens is 1. The summed E-state index contributed by atoms with van der Waals surface area (Å²) in [6.07, 6.45) is 0. The fourth-order valence-electron chi connectivity index (χ4n) is 1.44. The van der Waals surface area contributed by atoms with Gasteiger partial charge in [-0.15, -0.1) is 0 Å². The van der Waals surface area contributed by atoms with Crippen LogP contribution >= 0.6 is 15.9 Å². The molecule has 1 heterocycles. The predicted molar refractivity (Wildman–Crippen MR) is 71.1 cm³/mol. The molecule has 2 rings (SSSR count). The molecule has 84 valence electrons. The molecular formula is C13H10BrN3. The van der Waals surface area contributed by atoms with E-state index in [1.165, 1.54) is 0 Å². The van der Waals surface area contributed by atoms with Gasteiger partial charge in [-0.2, -0.15) is 5.26 Å². The zero-order valence-electron chi connectivity index (χ0n) is 9.24. The minimum atomic E-state index is 0.632. The van der Waals surface area contributed by atoms with Gasteiger partial charge >= 0.3 is 0 Å². The van der Waals surface area contributed by atoms with Gasteiger partial charge in [0.25, 0.3) is 0 Å². The lowest BCUT2D eigenvalue weighted by atomic mass is 10.1. The SMILES string of the molecule is Cc1ccc(C#N)cc1Nc1cccc(Br)n1. The summed E-state index contributed by atoms with van der Waals surface area (Å²) in [6, 6.07) is 13.3. The van der Waals surface area contributed by atoms with Crippen molar-refractivity contribution in [3.8, 4) is 6.07 Å². The molecule has 1 N–H and O–H groups in total. The highest BCUT2D eigenvalue weighted by atomic mass is 79.9.